The van der Waals surface area contributed by atoms with Gasteiger partial charge in [-0.3, -0.25) is 4.79 Å². The SMILES string of the molecule is CCCCCCC/C=C\C/C=C\C/C=C\CCCCCCCCCCCCC(=O)NC(COC1OC(CO)C(OC2OC(CO)C(OC3OC(CO)C(O)C(O)C3O)C(O)C2O)C(O)C1O)C(O)/C=C/CC/C=C/CC/C=C/CCCCCCCCCCCCCCCC. The van der Waals surface area contributed by atoms with Gasteiger partial charge in [0.05, 0.1) is 38.6 Å². The molecule has 3 saturated heterocycles. The molecule has 0 aromatic heterocycles. The number of hydrogen-bond donors (Lipinski definition) is 12. The van der Waals surface area contributed by atoms with Crippen molar-refractivity contribution in [3.8, 4) is 0 Å². The van der Waals surface area contributed by atoms with Crippen LogP contribution in [0, 0.1) is 0 Å². The first kappa shape index (κ1) is 85.5. The molecule has 17 atom stereocenters. The minimum Gasteiger partial charge on any atom is -0.394 e. The summed E-state index contributed by atoms with van der Waals surface area (Å²) in [5, 5.41) is 121. The Hall–Kier alpha value is -2.77. The van der Waals surface area contributed by atoms with E-state index in [2.05, 4.69) is 79.9 Å². The minimum atomic E-state index is -1.99. The number of aliphatic hydroxyl groups excluding tert-OH is 11. The molecule has 1 amide bonds. The van der Waals surface area contributed by atoms with Crippen LogP contribution in [-0.2, 0) is 33.2 Å². The van der Waals surface area contributed by atoms with Crippen molar-refractivity contribution in [2.24, 2.45) is 0 Å². The summed E-state index contributed by atoms with van der Waals surface area (Å²) in [6, 6.07) is -1.00. The van der Waals surface area contributed by atoms with Crippen LogP contribution < -0.4 is 5.32 Å². The second kappa shape index (κ2) is 56.0. The molecule has 0 aromatic rings. The number of hydrogen-bond acceptors (Lipinski definition) is 18. The normalized spacial score (nSPS) is 27.8. The first-order valence-corrected chi connectivity index (χ1v) is 37.2. The number of rotatable bonds is 57. The summed E-state index contributed by atoms with van der Waals surface area (Å²) in [4.78, 5) is 13.4. The molecule has 19 nitrogen and oxygen atoms in total. The van der Waals surface area contributed by atoms with Crippen LogP contribution in [0.2, 0.25) is 0 Å². The number of nitrogens with one attached hydrogen (secondary N) is 1. The highest BCUT2D eigenvalue weighted by Crippen LogP contribution is 2.33. The Morgan fingerprint density at radius 2 is 0.713 bits per heavy atom. The first-order valence-electron chi connectivity index (χ1n) is 37.2. The van der Waals surface area contributed by atoms with E-state index in [-0.39, 0.29) is 18.9 Å². The molecule has 0 aromatic carbocycles. The molecule has 3 heterocycles. The van der Waals surface area contributed by atoms with Crippen LogP contribution in [0.3, 0.4) is 0 Å². The van der Waals surface area contributed by atoms with Crippen molar-refractivity contribution in [3.05, 3.63) is 72.9 Å². The monoisotopic (exact) mass is 1340 g/mol. The Morgan fingerprint density at radius 1 is 0.383 bits per heavy atom. The van der Waals surface area contributed by atoms with E-state index in [1.807, 2.05) is 6.08 Å². The van der Waals surface area contributed by atoms with Gasteiger partial charge < -0.3 is 89.9 Å². The van der Waals surface area contributed by atoms with Gasteiger partial charge in [0.25, 0.3) is 0 Å². The summed E-state index contributed by atoms with van der Waals surface area (Å²) in [6.07, 6.45) is 44.5. The maximum atomic E-state index is 13.4. The standard InChI is InChI=1S/C75H133NO18/c1-3-5-7-9-11-13-15-17-19-21-23-25-27-29-31-33-35-37-39-41-43-45-47-49-51-53-63(81)76-58(59(80)52-50-48-46-44-42-40-38-36-34-32-30-28-26-24-22-20-18-16-14-12-10-8-6-4-2)57-89-73-69(87)66(84)71(61(55-78)91-73)94-75-70(88)67(85)72(62(56-79)92-75)93-74-68(86)65(83)64(82)60(54-77)90-74/h15,17,21,23,27,29,34,36,42,44,50,52,58-62,64-75,77-80,82-88H,3-14,16,18-20,22,24-26,28,30-33,35,37-41,43,45-49,51,53-57H2,1-2H3,(H,76,81)/b17-15-,23-21-,29-27-,36-34+,44-42+,52-50+. The van der Waals surface area contributed by atoms with Crippen LogP contribution in [-0.4, -0.2) is 193 Å². The van der Waals surface area contributed by atoms with Gasteiger partial charge in [-0.2, -0.15) is 0 Å². The van der Waals surface area contributed by atoms with Crippen molar-refractivity contribution >= 4 is 5.91 Å². The zero-order valence-corrected chi connectivity index (χ0v) is 57.9. The molecule has 19 heteroatoms. The predicted molar refractivity (Wildman–Crippen MR) is 369 cm³/mol. The number of amides is 1. The highest BCUT2D eigenvalue weighted by atomic mass is 16.8. The van der Waals surface area contributed by atoms with Crippen LogP contribution >= 0.6 is 0 Å². The maximum Gasteiger partial charge on any atom is 0.220 e. The quantitative estimate of drug-likeness (QED) is 0.0199. The summed E-state index contributed by atoms with van der Waals surface area (Å²) < 4.78 is 34.4. The van der Waals surface area contributed by atoms with Gasteiger partial charge in [0, 0.05) is 6.42 Å². The Balaban J connectivity index is 1.44. The average molecular weight is 1340 g/mol. The third-order valence-corrected chi connectivity index (χ3v) is 18.2. The van der Waals surface area contributed by atoms with Gasteiger partial charge in [-0.05, 0) is 83.5 Å². The number of ether oxygens (including phenoxy) is 6. The zero-order valence-electron chi connectivity index (χ0n) is 57.9. The molecule has 546 valence electrons. The Labute approximate surface area is 566 Å². The van der Waals surface area contributed by atoms with E-state index in [4.69, 9.17) is 28.4 Å². The summed E-state index contributed by atoms with van der Waals surface area (Å²) in [6.45, 7) is 1.71. The molecule has 12 N–H and O–H groups in total. The topological polar surface area (TPSA) is 307 Å². The summed E-state index contributed by atoms with van der Waals surface area (Å²) >= 11 is 0. The van der Waals surface area contributed by atoms with Gasteiger partial charge in [-0.15, -0.1) is 0 Å². The molecule has 0 aliphatic carbocycles. The fraction of sp³-hybridized carbons (Fsp3) is 0.827. The van der Waals surface area contributed by atoms with Gasteiger partial charge in [0.15, 0.2) is 18.9 Å². The molecular formula is C75H133NO18. The number of carbonyl (C=O) groups is 1. The lowest BCUT2D eigenvalue weighted by Crippen LogP contribution is -2.66. The van der Waals surface area contributed by atoms with Crippen LogP contribution in [0.4, 0.5) is 0 Å². The fourth-order valence-corrected chi connectivity index (χ4v) is 12.2. The van der Waals surface area contributed by atoms with Gasteiger partial charge in [0.2, 0.25) is 5.91 Å². The second-order valence-electron chi connectivity index (χ2n) is 26.4. The van der Waals surface area contributed by atoms with Gasteiger partial charge >= 0.3 is 0 Å². The molecule has 3 fully saturated rings. The Bertz CT molecular complexity index is 1980. The lowest BCUT2D eigenvalue weighted by atomic mass is 9.96. The lowest BCUT2D eigenvalue weighted by Gasteiger charge is -2.48. The Morgan fingerprint density at radius 3 is 1.14 bits per heavy atom. The molecular weight excluding hydrogens is 1200 g/mol. The molecule has 0 saturated carbocycles. The van der Waals surface area contributed by atoms with Crippen molar-refractivity contribution in [2.75, 3.05) is 26.4 Å². The molecule has 3 aliphatic heterocycles. The first-order chi connectivity index (χ1) is 45.8. The van der Waals surface area contributed by atoms with Gasteiger partial charge in [-0.1, -0.05) is 247 Å². The number of allylic oxidation sites excluding steroid dienone is 11. The number of aliphatic hydroxyl groups is 11. The van der Waals surface area contributed by atoms with Crippen LogP contribution in [0.5, 0.6) is 0 Å². The fourth-order valence-electron chi connectivity index (χ4n) is 12.2. The summed E-state index contributed by atoms with van der Waals surface area (Å²) in [5.41, 5.74) is 0. The van der Waals surface area contributed by atoms with E-state index in [1.165, 1.54) is 161 Å². The van der Waals surface area contributed by atoms with Gasteiger partial charge in [-0.25, -0.2) is 0 Å². The van der Waals surface area contributed by atoms with Gasteiger partial charge in [0.1, 0.15) is 73.2 Å². The third kappa shape index (κ3) is 36.9. The van der Waals surface area contributed by atoms with E-state index in [0.717, 1.165) is 70.6 Å². The van der Waals surface area contributed by atoms with Crippen molar-refractivity contribution in [2.45, 2.75) is 369 Å². The number of unbranched alkanes of at least 4 members (excludes halogenated alkanes) is 31. The summed E-state index contributed by atoms with van der Waals surface area (Å²) in [7, 11) is 0. The van der Waals surface area contributed by atoms with E-state index in [9.17, 15) is 61.0 Å². The third-order valence-electron chi connectivity index (χ3n) is 18.2. The van der Waals surface area contributed by atoms with Crippen molar-refractivity contribution in [1.29, 1.82) is 0 Å². The lowest BCUT2D eigenvalue weighted by molar-refractivity contribution is -0.379. The van der Waals surface area contributed by atoms with Crippen LogP contribution in [0.15, 0.2) is 72.9 Å². The molecule has 3 aliphatic rings. The van der Waals surface area contributed by atoms with Crippen molar-refractivity contribution < 1.29 is 89.4 Å². The number of carbonyl (C=O) groups excluding carboxylic acids is 1. The minimum absolute atomic E-state index is 0.224. The largest absolute Gasteiger partial charge is 0.394 e. The van der Waals surface area contributed by atoms with Crippen LogP contribution in [0.1, 0.15) is 264 Å². The Kier molecular flexibility index (Phi) is 50.9. The molecule has 0 bridgehead atoms. The highest BCUT2D eigenvalue weighted by molar-refractivity contribution is 5.76. The predicted octanol–water partition coefficient (Wildman–Crippen LogP) is 10.9. The van der Waals surface area contributed by atoms with E-state index in [1.54, 1.807) is 6.08 Å². The smallest absolute Gasteiger partial charge is 0.220 e. The van der Waals surface area contributed by atoms with Crippen molar-refractivity contribution in [1.82, 2.24) is 5.32 Å². The van der Waals surface area contributed by atoms with E-state index in [0.29, 0.717) is 12.8 Å². The average Bonchev–Trinajstić information content (AvgIpc) is 0.788. The highest BCUT2D eigenvalue weighted by Gasteiger charge is 2.53. The molecule has 3 rings (SSSR count). The molecule has 17 unspecified atom stereocenters. The van der Waals surface area contributed by atoms with Crippen LogP contribution in [0.25, 0.3) is 0 Å². The van der Waals surface area contributed by atoms with E-state index >= 15 is 0 Å². The summed E-state index contributed by atoms with van der Waals surface area (Å²) in [5.74, 6) is -0.294. The second-order valence-corrected chi connectivity index (χ2v) is 26.4. The van der Waals surface area contributed by atoms with Crippen molar-refractivity contribution in [3.63, 3.8) is 0 Å². The maximum absolute atomic E-state index is 13.4. The molecule has 0 spiro atoms. The molecule has 94 heavy (non-hydrogen) atoms. The zero-order chi connectivity index (χ0) is 68.2. The molecule has 0 radical (unpaired) electrons. The van der Waals surface area contributed by atoms with E-state index < -0.39 is 124 Å².